The Balaban J connectivity index is 1.41. The van der Waals surface area contributed by atoms with Gasteiger partial charge >= 0.3 is 0 Å². The third kappa shape index (κ3) is 9.50. The van der Waals surface area contributed by atoms with Gasteiger partial charge in [0.15, 0.2) is 11.2 Å². The van der Waals surface area contributed by atoms with Gasteiger partial charge in [-0.3, -0.25) is 19.6 Å². The molecule has 2 aromatic heterocycles. The number of phenolic OH excluding ortho intramolecular Hbond substituents is 1. The van der Waals surface area contributed by atoms with E-state index in [0.29, 0.717) is 45.6 Å². The van der Waals surface area contributed by atoms with E-state index in [-0.39, 0.29) is 30.8 Å². The summed E-state index contributed by atoms with van der Waals surface area (Å²) in [5, 5.41) is 13.8. The summed E-state index contributed by atoms with van der Waals surface area (Å²) >= 11 is -1.57. The van der Waals surface area contributed by atoms with E-state index in [1.165, 1.54) is 0 Å². The van der Waals surface area contributed by atoms with Gasteiger partial charge in [0.25, 0.3) is 12.4 Å². The molecular weight excluding hydrogens is 731 g/mol. The van der Waals surface area contributed by atoms with Gasteiger partial charge in [0, 0.05) is 81.0 Å². The third-order valence-corrected chi connectivity index (χ3v) is 12.2. The first kappa shape index (κ1) is 41.5. The number of benzene rings is 2. The number of carbonyl (C=O) groups excluding carboxylic acids is 2. The Kier molecular flexibility index (Phi) is 13.6. The molecule has 3 unspecified atom stereocenters. The maximum atomic E-state index is 14.0. The predicted molar refractivity (Wildman–Crippen MR) is 220 cm³/mol. The first-order chi connectivity index (χ1) is 26.9. The maximum Gasteiger partial charge on any atom is 0.293 e. The Bertz CT molecular complexity index is 2020. The largest absolute Gasteiger partial charge is 0.508 e. The molecular formula is C42H57N7O6S. The molecule has 4 heterocycles. The number of likely N-dealkylation sites (N-methyl/N-ethyl adjacent to an activating group) is 1. The highest BCUT2D eigenvalue weighted by atomic mass is 32.2. The lowest BCUT2D eigenvalue weighted by Gasteiger charge is -2.34. The quantitative estimate of drug-likeness (QED) is 0.134. The van der Waals surface area contributed by atoms with Gasteiger partial charge in [0.05, 0.1) is 24.1 Å². The number of piperazine rings is 1. The van der Waals surface area contributed by atoms with E-state index in [1.54, 1.807) is 30.4 Å². The van der Waals surface area contributed by atoms with Crippen molar-refractivity contribution in [1.29, 1.82) is 0 Å². The molecule has 2 aliphatic rings. The van der Waals surface area contributed by atoms with Crippen LogP contribution < -0.4 is 10.1 Å². The highest BCUT2D eigenvalue weighted by Gasteiger charge is 2.31. The summed E-state index contributed by atoms with van der Waals surface area (Å²) < 4.78 is 32.0. The van der Waals surface area contributed by atoms with E-state index in [9.17, 15) is 18.9 Å². The van der Waals surface area contributed by atoms with Crippen molar-refractivity contribution in [2.75, 3.05) is 60.0 Å². The highest BCUT2D eigenvalue weighted by molar-refractivity contribution is 7.80. The number of ether oxygens (including phenoxy) is 2. The summed E-state index contributed by atoms with van der Waals surface area (Å²) in [5.41, 5.74) is 10.2. The Labute approximate surface area is 333 Å². The Morgan fingerprint density at radius 3 is 2.57 bits per heavy atom. The number of methoxy groups -OCH3 is 1. The lowest BCUT2D eigenvalue weighted by Crippen LogP contribution is -2.57. The molecule has 13 nitrogen and oxygen atoms in total. The molecule has 0 saturated carbocycles. The van der Waals surface area contributed by atoms with Crippen LogP contribution in [0.4, 0.5) is 0 Å². The lowest BCUT2D eigenvalue weighted by molar-refractivity contribution is -0.137. The Morgan fingerprint density at radius 1 is 1.09 bits per heavy atom. The van der Waals surface area contributed by atoms with E-state index in [1.807, 2.05) is 30.4 Å². The molecule has 0 radical (unpaired) electrons. The number of hydrogen-bond acceptors (Lipinski definition) is 9. The standard InChI is InChI=1S/C42H57N7O6S/c1-7-48-38-13-12-31(25-35(38)36(26-42(3,4)27-55-28-50)40(48)34-11-10-14-43-39(34)29(2)54-6)32-21-30(22-33(51)24-32)23-37(41(52)49-16-9-8-15-44-49)45-56(53)47-19-17-46(5)18-20-47/h10-14,21-22,24-25,28-29,37,44-45,51H,7-9,15-20,23,26-27H2,1-6H3. The van der Waals surface area contributed by atoms with Crippen LogP contribution >= 0.6 is 0 Å². The molecule has 1 amide bonds. The highest BCUT2D eigenvalue weighted by Crippen LogP contribution is 2.42. The SMILES string of the molecule is CCn1c(-c2cccnc2C(C)OC)c(CC(C)(C)COC=O)c2cc(-c3cc(O)cc(CC(NS(=O)N4CCN(C)CC4)C(=O)N4CCCCN4)c3)ccc21. The van der Waals surface area contributed by atoms with Crippen molar-refractivity contribution in [1.82, 2.24) is 33.9 Å². The number of hydrogen-bond donors (Lipinski definition) is 3. The van der Waals surface area contributed by atoms with Crippen molar-refractivity contribution >= 4 is 34.5 Å². The van der Waals surface area contributed by atoms with Crippen molar-refractivity contribution in [2.45, 2.75) is 72.1 Å². The second-order valence-corrected chi connectivity index (χ2v) is 17.0. The molecule has 2 aliphatic heterocycles. The molecule has 2 aromatic carbocycles. The fourth-order valence-electron chi connectivity index (χ4n) is 7.85. The fourth-order valence-corrected chi connectivity index (χ4v) is 8.92. The molecule has 0 bridgehead atoms. The number of rotatable bonds is 16. The summed E-state index contributed by atoms with van der Waals surface area (Å²) in [4.78, 5) is 32.2. The molecule has 3 N–H and O–H groups in total. The molecule has 2 saturated heterocycles. The molecule has 4 aromatic rings. The zero-order valence-corrected chi connectivity index (χ0v) is 34.4. The van der Waals surface area contributed by atoms with Crippen LogP contribution in [0.5, 0.6) is 5.75 Å². The summed E-state index contributed by atoms with van der Waals surface area (Å²) in [7, 11) is 3.73. The minimum atomic E-state index is -1.57. The number of phenols is 1. The first-order valence-corrected chi connectivity index (χ1v) is 20.7. The van der Waals surface area contributed by atoms with Crippen molar-refractivity contribution in [3.63, 3.8) is 0 Å². The van der Waals surface area contributed by atoms with Crippen LogP contribution in [0.1, 0.15) is 63.5 Å². The number of carbonyl (C=O) groups is 2. The number of aryl methyl sites for hydroxylation is 1. The summed E-state index contributed by atoms with van der Waals surface area (Å²) in [6.07, 6.45) is 4.25. The fraction of sp³-hybridized carbons (Fsp3) is 0.500. The number of fused-ring (bicyclic) bond motifs is 1. The molecule has 14 heteroatoms. The van der Waals surface area contributed by atoms with E-state index < -0.39 is 22.6 Å². The van der Waals surface area contributed by atoms with Crippen LogP contribution in [-0.2, 0) is 49.6 Å². The monoisotopic (exact) mass is 787 g/mol. The number of aromatic hydroxyl groups is 1. The van der Waals surface area contributed by atoms with Crippen molar-refractivity contribution in [3.8, 4) is 28.1 Å². The lowest BCUT2D eigenvalue weighted by atomic mass is 9.84. The molecule has 56 heavy (non-hydrogen) atoms. The third-order valence-electron chi connectivity index (χ3n) is 10.9. The molecule has 302 valence electrons. The van der Waals surface area contributed by atoms with Crippen LogP contribution in [-0.4, -0.2) is 112 Å². The maximum absolute atomic E-state index is 14.0. The number of nitrogens with one attached hydrogen (secondary N) is 2. The van der Waals surface area contributed by atoms with Gasteiger partial charge in [-0.2, -0.15) is 0 Å². The average Bonchev–Trinajstić information content (AvgIpc) is 3.50. The zero-order valence-electron chi connectivity index (χ0n) is 33.5. The van der Waals surface area contributed by atoms with E-state index in [0.717, 1.165) is 76.0 Å². The van der Waals surface area contributed by atoms with E-state index in [4.69, 9.17) is 14.5 Å². The van der Waals surface area contributed by atoms with Gasteiger partial charge in [0.2, 0.25) is 0 Å². The van der Waals surface area contributed by atoms with E-state index in [2.05, 4.69) is 64.7 Å². The van der Waals surface area contributed by atoms with Crippen LogP contribution in [0.25, 0.3) is 33.3 Å². The van der Waals surface area contributed by atoms with Crippen LogP contribution in [0.2, 0.25) is 0 Å². The van der Waals surface area contributed by atoms with Gasteiger partial charge in [-0.05, 0) is 105 Å². The van der Waals surface area contributed by atoms with Gasteiger partial charge < -0.3 is 24.0 Å². The predicted octanol–water partition coefficient (Wildman–Crippen LogP) is 5.00. The topological polar surface area (TPSA) is 142 Å². The minimum absolute atomic E-state index is 0.0767. The van der Waals surface area contributed by atoms with Crippen molar-refractivity contribution in [3.05, 3.63) is 71.5 Å². The summed E-state index contributed by atoms with van der Waals surface area (Å²) in [6, 6.07) is 15.0. The average molecular weight is 788 g/mol. The number of hydrazine groups is 1. The number of pyridine rings is 1. The van der Waals surface area contributed by atoms with Crippen LogP contribution in [0, 0.1) is 5.41 Å². The van der Waals surface area contributed by atoms with Gasteiger partial charge in [-0.25, -0.2) is 18.7 Å². The number of amides is 1. The van der Waals surface area contributed by atoms with Crippen molar-refractivity contribution < 1.29 is 28.4 Å². The van der Waals surface area contributed by atoms with Crippen LogP contribution in [0.15, 0.2) is 54.7 Å². The summed E-state index contributed by atoms with van der Waals surface area (Å²) in [6.45, 7) is 13.9. The second kappa shape index (κ2) is 18.4. The normalized spacial score (nSPS) is 17.5. The molecule has 0 spiro atoms. The Hall–Kier alpha value is -4.18. The first-order valence-electron chi connectivity index (χ1n) is 19.6. The Morgan fingerprint density at radius 2 is 1.88 bits per heavy atom. The molecule has 6 rings (SSSR count). The van der Waals surface area contributed by atoms with Gasteiger partial charge in [-0.15, -0.1) is 0 Å². The number of aromatic nitrogens is 2. The van der Waals surface area contributed by atoms with E-state index >= 15 is 0 Å². The minimum Gasteiger partial charge on any atom is -0.508 e. The zero-order chi connectivity index (χ0) is 40.0. The van der Waals surface area contributed by atoms with Crippen molar-refractivity contribution in [2.24, 2.45) is 5.41 Å². The smallest absolute Gasteiger partial charge is 0.293 e. The van der Waals surface area contributed by atoms with Crippen LogP contribution in [0.3, 0.4) is 0 Å². The molecule has 0 aliphatic carbocycles. The second-order valence-electron chi connectivity index (χ2n) is 15.7. The summed E-state index contributed by atoms with van der Waals surface area (Å²) in [5.74, 6) is -0.0943. The number of nitrogens with zero attached hydrogens (tertiary/aromatic N) is 5. The van der Waals surface area contributed by atoms with Gasteiger partial charge in [-0.1, -0.05) is 26.0 Å². The molecule has 3 atom stereocenters. The molecule has 2 fully saturated rings. The van der Waals surface area contributed by atoms with Gasteiger partial charge in [0.1, 0.15) is 11.8 Å².